The number of hydrogen-bond acceptors (Lipinski definition) is 4. The van der Waals surface area contributed by atoms with Crippen LogP contribution >= 0.6 is 11.3 Å². The summed E-state index contributed by atoms with van der Waals surface area (Å²) >= 11 is 1.40. The molecular weight excluding hydrogens is 358 g/mol. The van der Waals surface area contributed by atoms with Crippen LogP contribution in [0.5, 0.6) is 0 Å². The number of carboxylic acids is 1. The summed E-state index contributed by atoms with van der Waals surface area (Å²) in [6.07, 6.45) is 0. The topological polar surface area (TPSA) is 83.5 Å². The molecule has 3 rings (SSSR count). The molecule has 0 saturated carbocycles. The molecule has 0 saturated heterocycles. The van der Waals surface area contributed by atoms with Crippen molar-refractivity contribution < 1.29 is 18.3 Å². The van der Waals surface area contributed by atoms with Crippen LogP contribution in [0.4, 0.5) is 5.00 Å². The number of fused-ring (bicyclic) bond motifs is 1. The normalized spacial score (nSPS) is 11.8. The molecular formula is C18H17NO4S2. The molecule has 0 radical (unpaired) electrons. The molecule has 0 atom stereocenters. The fourth-order valence-corrected chi connectivity index (χ4v) is 5.24. The zero-order valence-corrected chi connectivity index (χ0v) is 15.3. The Morgan fingerprint density at radius 1 is 1.08 bits per heavy atom. The van der Waals surface area contributed by atoms with Crippen molar-refractivity contribution in [1.82, 2.24) is 0 Å². The standard InChI is InChI=1S/C18H17NO4S2/c1-11(2)16-14-5-3-4-6-15(14)24-17(16)19-25(22,23)13-9-7-12(8-10-13)18(20)21/h3-11,19H,1-2H3,(H,20,21). The average Bonchev–Trinajstić information content (AvgIpc) is 2.92. The van der Waals surface area contributed by atoms with Gasteiger partial charge in [-0.2, -0.15) is 0 Å². The third-order valence-corrected chi connectivity index (χ3v) is 6.45. The van der Waals surface area contributed by atoms with Gasteiger partial charge in [0.15, 0.2) is 0 Å². The van der Waals surface area contributed by atoms with Crippen molar-refractivity contribution in [1.29, 1.82) is 0 Å². The first kappa shape index (κ1) is 17.4. The van der Waals surface area contributed by atoms with Crippen LogP contribution in [0, 0.1) is 0 Å². The zero-order valence-electron chi connectivity index (χ0n) is 13.7. The average molecular weight is 375 g/mol. The van der Waals surface area contributed by atoms with Crippen LogP contribution in [0.2, 0.25) is 0 Å². The lowest BCUT2D eigenvalue weighted by atomic mass is 10.0. The summed E-state index contributed by atoms with van der Waals surface area (Å²) in [5.41, 5.74) is 1.01. The number of carbonyl (C=O) groups is 1. The van der Waals surface area contributed by atoms with E-state index in [1.807, 2.05) is 38.1 Å². The molecule has 7 heteroatoms. The highest BCUT2D eigenvalue weighted by atomic mass is 32.2. The second-order valence-corrected chi connectivity index (χ2v) is 8.67. The molecule has 0 fully saturated rings. The minimum absolute atomic E-state index is 0.0321. The lowest BCUT2D eigenvalue weighted by Crippen LogP contribution is -2.13. The Hall–Kier alpha value is -2.38. The molecule has 25 heavy (non-hydrogen) atoms. The van der Waals surface area contributed by atoms with Crippen molar-refractivity contribution >= 4 is 42.4 Å². The molecule has 130 valence electrons. The Kier molecular flexibility index (Phi) is 4.53. The molecule has 2 N–H and O–H groups in total. The van der Waals surface area contributed by atoms with Gasteiger partial charge in [-0.1, -0.05) is 32.0 Å². The van der Waals surface area contributed by atoms with Gasteiger partial charge in [-0.25, -0.2) is 13.2 Å². The van der Waals surface area contributed by atoms with Gasteiger partial charge in [0.2, 0.25) is 0 Å². The van der Waals surface area contributed by atoms with E-state index >= 15 is 0 Å². The van der Waals surface area contributed by atoms with Gasteiger partial charge in [-0.15, -0.1) is 11.3 Å². The van der Waals surface area contributed by atoms with Gasteiger partial charge in [0.05, 0.1) is 10.5 Å². The van der Waals surface area contributed by atoms with E-state index in [9.17, 15) is 13.2 Å². The third-order valence-electron chi connectivity index (χ3n) is 3.85. The van der Waals surface area contributed by atoms with Gasteiger partial charge in [0.25, 0.3) is 10.0 Å². The van der Waals surface area contributed by atoms with E-state index in [0.29, 0.717) is 5.00 Å². The predicted molar refractivity (Wildman–Crippen MR) is 100 cm³/mol. The third kappa shape index (κ3) is 3.38. The Labute approximate surface area is 150 Å². The van der Waals surface area contributed by atoms with E-state index in [0.717, 1.165) is 15.6 Å². The molecule has 0 aliphatic rings. The number of hydrogen-bond donors (Lipinski definition) is 2. The van der Waals surface area contributed by atoms with Crippen LogP contribution in [-0.2, 0) is 10.0 Å². The van der Waals surface area contributed by atoms with Crippen molar-refractivity contribution in [2.75, 3.05) is 4.72 Å². The second-order valence-electron chi connectivity index (χ2n) is 5.93. The van der Waals surface area contributed by atoms with Crippen molar-refractivity contribution in [3.8, 4) is 0 Å². The van der Waals surface area contributed by atoms with Gasteiger partial charge in [-0.3, -0.25) is 4.72 Å². The minimum atomic E-state index is -3.79. The highest BCUT2D eigenvalue weighted by Gasteiger charge is 2.21. The van der Waals surface area contributed by atoms with E-state index in [1.165, 1.54) is 35.6 Å². The SMILES string of the molecule is CC(C)c1c(NS(=O)(=O)c2ccc(C(=O)O)cc2)sc2ccccc12. The Balaban J connectivity index is 2.02. The molecule has 0 spiro atoms. The van der Waals surface area contributed by atoms with E-state index < -0.39 is 16.0 Å². The first-order valence-electron chi connectivity index (χ1n) is 7.67. The van der Waals surface area contributed by atoms with Crippen molar-refractivity contribution in [2.45, 2.75) is 24.7 Å². The highest BCUT2D eigenvalue weighted by Crippen LogP contribution is 2.40. The molecule has 0 aliphatic carbocycles. The first-order valence-corrected chi connectivity index (χ1v) is 9.97. The number of benzene rings is 2. The second kappa shape index (κ2) is 6.50. The molecule has 2 aromatic carbocycles. The molecule has 3 aromatic rings. The van der Waals surface area contributed by atoms with Crippen LogP contribution in [-0.4, -0.2) is 19.5 Å². The fourth-order valence-electron chi connectivity index (χ4n) is 2.67. The summed E-state index contributed by atoms with van der Waals surface area (Å²) in [5.74, 6) is -0.938. The number of aromatic carboxylic acids is 1. The lowest BCUT2D eigenvalue weighted by Gasteiger charge is -2.11. The maximum absolute atomic E-state index is 12.7. The smallest absolute Gasteiger partial charge is 0.335 e. The molecule has 0 aliphatic heterocycles. The summed E-state index contributed by atoms with van der Waals surface area (Å²) in [6.45, 7) is 4.04. The van der Waals surface area contributed by atoms with Gasteiger partial charge < -0.3 is 5.11 Å². The van der Waals surface area contributed by atoms with Crippen molar-refractivity contribution in [3.63, 3.8) is 0 Å². The van der Waals surface area contributed by atoms with E-state index in [1.54, 1.807) is 0 Å². The number of thiophene rings is 1. The number of nitrogens with one attached hydrogen (secondary N) is 1. The Morgan fingerprint density at radius 3 is 2.32 bits per heavy atom. The molecule has 0 amide bonds. The monoisotopic (exact) mass is 375 g/mol. The first-order chi connectivity index (χ1) is 11.8. The summed E-state index contributed by atoms with van der Waals surface area (Å²) in [7, 11) is -3.79. The Bertz CT molecular complexity index is 1030. The maximum atomic E-state index is 12.7. The zero-order chi connectivity index (χ0) is 18.2. The number of sulfonamides is 1. The van der Waals surface area contributed by atoms with Crippen LogP contribution in [0.25, 0.3) is 10.1 Å². The van der Waals surface area contributed by atoms with Crippen molar-refractivity contribution in [2.24, 2.45) is 0 Å². The highest BCUT2D eigenvalue weighted by molar-refractivity contribution is 7.93. The van der Waals surface area contributed by atoms with Gasteiger partial charge in [0, 0.05) is 4.70 Å². The van der Waals surface area contributed by atoms with Crippen LogP contribution in [0.3, 0.4) is 0 Å². The quantitative estimate of drug-likeness (QED) is 0.686. The van der Waals surface area contributed by atoms with Gasteiger partial charge in [0.1, 0.15) is 5.00 Å². The lowest BCUT2D eigenvalue weighted by molar-refractivity contribution is 0.0696. The van der Waals surface area contributed by atoms with Crippen LogP contribution in [0.15, 0.2) is 53.4 Å². The summed E-state index contributed by atoms with van der Waals surface area (Å²) in [5, 5.41) is 10.6. The molecule has 0 bridgehead atoms. The van der Waals surface area contributed by atoms with Crippen molar-refractivity contribution in [3.05, 3.63) is 59.7 Å². The fraction of sp³-hybridized carbons (Fsp3) is 0.167. The Morgan fingerprint density at radius 2 is 1.72 bits per heavy atom. The molecule has 5 nitrogen and oxygen atoms in total. The number of carboxylic acid groups (broad SMARTS) is 1. The maximum Gasteiger partial charge on any atom is 0.335 e. The van der Waals surface area contributed by atoms with E-state index in [4.69, 9.17) is 5.11 Å². The summed E-state index contributed by atoms with van der Waals surface area (Å²) in [6, 6.07) is 13.0. The summed E-state index contributed by atoms with van der Waals surface area (Å²) < 4.78 is 29.0. The van der Waals surface area contributed by atoms with E-state index in [2.05, 4.69) is 4.72 Å². The van der Waals surface area contributed by atoms with E-state index in [-0.39, 0.29) is 16.4 Å². The van der Waals surface area contributed by atoms with Gasteiger partial charge >= 0.3 is 5.97 Å². The van der Waals surface area contributed by atoms with Crippen LogP contribution in [0.1, 0.15) is 35.7 Å². The molecule has 1 heterocycles. The summed E-state index contributed by atoms with van der Waals surface area (Å²) in [4.78, 5) is 10.9. The minimum Gasteiger partial charge on any atom is -0.478 e. The van der Waals surface area contributed by atoms with Gasteiger partial charge in [-0.05, 0) is 47.2 Å². The number of rotatable bonds is 5. The molecule has 1 aromatic heterocycles. The predicted octanol–water partition coefficient (Wildman–Crippen LogP) is 4.52. The molecule has 0 unspecified atom stereocenters. The van der Waals surface area contributed by atoms with Crippen LogP contribution < -0.4 is 4.72 Å². The largest absolute Gasteiger partial charge is 0.478 e. The number of anilines is 1.